The summed E-state index contributed by atoms with van der Waals surface area (Å²) in [6.45, 7) is 3.25. The molecule has 0 saturated heterocycles. The van der Waals surface area contributed by atoms with E-state index in [1.807, 2.05) is 49.4 Å². The Bertz CT molecular complexity index is 1370. The Balaban J connectivity index is 1.66. The van der Waals surface area contributed by atoms with Gasteiger partial charge in [0, 0.05) is 6.20 Å². The molecule has 4 aromatic rings. The topological polar surface area (TPSA) is 86.2 Å². The fourth-order valence-electron chi connectivity index (χ4n) is 3.69. The predicted octanol–water partition coefficient (Wildman–Crippen LogP) is 2.88. The number of aromatic amines is 1. The average molecular weight is 401 g/mol. The number of nitrogens with zero attached hydrogens (tertiary/aromatic N) is 2. The van der Waals surface area contributed by atoms with Gasteiger partial charge in [-0.25, -0.2) is 9.78 Å². The molecule has 7 heteroatoms. The van der Waals surface area contributed by atoms with Crippen LogP contribution in [0, 0.1) is 6.92 Å². The third-order valence-corrected chi connectivity index (χ3v) is 5.19. The number of hydrogen-bond acceptors (Lipinski definition) is 5. The van der Waals surface area contributed by atoms with Gasteiger partial charge in [0.1, 0.15) is 18.9 Å². The number of benzene rings is 2. The maximum Gasteiger partial charge on any atom is 0.330 e. The molecule has 0 spiro atoms. The Labute approximate surface area is 171 Å². The number of rotatable bonds is 3. The molecule has 0 unspecified atom stereocenters. The summed E-state index contributed by atoms with van der Waals surface area (Å²) in [5, 5.41) is 0.387. The number of hydrogen-bond donors (Lipinski definition) is 1. The van der Waals surface area contributed by atoms with E-state index in [0.29, 0.717) is 35.7 Å². The van der Waals surface area contributed by atoms with Crippen molar-refractivity contribution >= 4 is 11.0 Å². The minimum atomic E-state index is -0.504. The largest absolute Gasteiger partial charge is 0.486 e. The summed E-state index contributed by atoms with van der Waals surface area (Å²) in [5.74, 6) is 1.33. The first kappa shape index (κ1) is 18.2. The van der Waals surface area contributed by atoms with E-state index in [2.05, 4.69) is 9.97 Å². The third-order valence-electron chi connectivity index (χ3n) is 5.19. The van der Waals surface area contributed by atoms with Gasteiger partial charge in [0.05, 0.1) is 11.9 Å². The van der Waals surface area contributed by atoms with Gasteiger partial charge in [-0.05, 0) is 41.8 Å². The number of aryl methyl sites for hydroxylation is 1. The number of nitrogens with one attached hydrogen (secondary N) is 1. The lowest BCUT2D eigenvalue weighted by molar-refractivity contribution is 0.171. The minimum Gasteiger partial charge on any atom is -0.486 e. The van der Waals surface area contributed by atoms with E-state index >= 15 is 0 Å². The van der Waals surface area contributed by atoms with Crippen LogP contribution in [0.4, 0.5) is 0 Å². The smallest absolute Gasteiger partial charge is 0.330 e. The molecule has 3 heterocycles. The molecule has 7 nitrogen and oxygen atoms in total. The van der Waals surface area contributed by atoms with E-state index in [4.69, 9.17) is 9.47 Å². The summed E-state index contributed by atoms with van der Waals surface area (Å²) < 4.78 is 12.7. The number of H-pyrrole nitrogens is 1. The average Bonchev–Trinajstić information content (AvgIpc) is 2.76. The zero-order valence-corrected chi connectivity index (χ0v) is 16.3. The second-order valence-electron chi connectivity index (χ2n) is 7.25. The number of pyridine rings is 1. The molecule has 0 aliphatic carbocycles. The van der Waals surface area contributed by atoms with E-state index in [9.17, 15) is 9.59 Å². The Morgan fingerprint density at radius 3 is 2.57 bits per heavy atom. The van der Waals surface area contributed by atoms with Crippen molar-refractivity contribution in [1.29, 1.82) is 0 Å². The molecular weight excluding hydrogens is 382 g/mol. The molecule has 150 valence electrons. The molecule has 5 rings (SSSR count). The van der Waals surface area contributed by atoms with E-state index in [1.165, 1.54) is 4.57 Å². The van der Waals surface area contributed by atoms with Crippen molar-refractivity contribution in [3.63, 3.8) is 0 Å². The lowest BCUT2D eigenvalue weighted by Crippen LogP contribution is -2.31. The van der Waals surface area contributed by atoms with Crippen molar-refractivity contribution in [2.75, 3.05) is 13.2 Å². The van der Waals surface area contributed by atoms with Gasteiger partial charge < -0.3 is 9.47 Å². The lowest BCUT2D eigenvalue weighted by atomic mass is 10.0. The second kappa shape index (κ2) is 7.18. The van der Waals surface area contributed by atoms with Crippen molar-refractivity contribution in [2.45, 2.75) is 13.5 Å². The van der Waals surface area contributed by atoms with Crippen LogP contribution < -0.4 is 20.7 Å². The van der Waals surface area contributed by atoms with Gasteiger partial charge in [-0.15, -0.1) is 0 Å². The Morgan fingerprint density at radius 2 is 1.77 bits per heavy atom. The van der Waals surface area contributed by atoms with Crippen molar-refractivity contribution in [3.8, 4) is 22.6 Å². The molecule has 0 atom stereocenters. The summed E-state index contributed by atoms with van der Waals surface area (Å²) in [5.41, 5.74) is 2.99. The maximum absolute atomic E-state index is 12.7. The molecule has 0 bridgehead atoms. The summed E-state index contributed by atoms with van der Waals surface area (Å²) >= 11 is 0. The van der Waals surface area contributed by atoms with Crippen LogP contribution in [0.3, 0.4) is 0 Å². The maximum atomic E-state index is 12.7. The highest BCUT2D eigenvalue weighted by Crippen LogP contribution is 2.31. The summed E-state index contributed by atoms with van der Waals surface area (Å²) in [6, 6.07) is 15.2. The first-order chi connectivity index (χ1) is 14.6. The molecule has 1 aliphatic heterocycles. The van der Waals surface area contributed by atoms with Crippen LogP contribution in [0.2, 0.25) is 0 Å². The standard InChI is InChI=1S/C23H19N3O4/c1-14-2-5-16(6-3-14)17-8-9-24-21-20(17)22(27)25-23(28)26(21)13-15-4-7-18-19(12-15)30-11-10-29-18/h2-9,12H,10-11,13H2,1H3,(H,25,27,28). The van der Waals surface area contributed by atoms with E-state index < -0.39 is 11.2 Å². The summed E-state index contributed by atoms with van der Waals surface area (Å²) in [4.78, 5) is 32.2. The van der Waals surface area contributed by atoms with Crippen LogP contribution in [0.5, 0.6) is 11.5 Å². The van der Waals surface area contributed by atoms with Gasteiger partial charge in [-0.2, -0.15) is 0 Å². The van der Waals surface area contributed by atoms with Crippen molar-refractivity contribution in [1.82, 2.24) is 14.5 Å². The Hall–Kier alpha value is -3.87. The molecule has 0 radical (unpaired) electrons. The van der Waals surface area contributed by atoms with Gasteiger partial charge in [0.2, 0.25) is 0 Å². The molecule has 2 aromatic heterocycles. The minimum absolute atomic E-state index is 0.243. The fraction of sp³-hybridized carbons (Fsp3) is 0.174. The Morgan fingerprint density at radius 1 is 1.00 bits per heavy atom. The normalized spacial score (nSPS) is 12.8. The molecule has 30 heavy (non-hydrogen) atoms. The zero-order valence-electron chi connectivity index (χ0n) is 16.3. The quantitative estimate of drug-likeness (QED) is 0.571. The highest BCUT2D eigenvalue weighted by molar-refractivity contribution is 5.91. The fourth-order valence-corrected chi connectivity index (χ4v) is 3.69. The zero-order chi connectivity index (χ0) is 20.7. The van der Waals surface area contributed by atoms with E-state index in [-0.39, 0.29) is 6.54 Å². The van der Waals surface area contributed by atoms with Gasteiger partial charge in [0.25, 0.3) is 5.56 Å². The second-order valence-corrected chi connectivity index (χ2v) is 7.25. The summed E-state index contributed by atoms with van der Waals surface area (Å²) in [7, 11) is 0. The summed E-state index contributed by atoms with van der Waals surface area (Å²) in [6.07, 6.45) is 1.62. The van der Waals surface area contributed by atoms with Crippen molar-refractivity contribution in [2.24, 2.45) is 0 Å². The first-order valence-corrected chi connectivity index (χ1v) is 9.67. The van der Waals surface area contributed by atoms with Crippen LogP contribution in [-0.2, 0) is 6.54 Å². The van der Waals surface area contributed by atoms with E-state index in [0.717, 1.165) is 22.3 Å². The SMILES string of the molecule is Cc1ccc(-c2ccnc3c2c(=O)[nH]c(=O)n3Cc2ccc3c(c2)OCCO3)cc1. The monoisotopic (exact) mass is 401 g/mol. The van der Waals surface area contributed by atoms with Crippen LogP contribution in [-0.4, -0.2) is 27.7 Å². The number of ether oxygens (including phenoxy) is 2. The molecule has 0 amide bonds. The number of aromatic nitrogens is 3. The third kappa shape index (κ3) is 3.14. The molecule has 2 aromatic carbocycles. The van der Waals surface area contributed by atoms with Crippen LogP contribution >= 0.6 is 0 Å². The van der Waals surface area contributed by atoms with Crippen molar-refractivity contribution in [3.05, 3.63) is 86.7 Å². The highest BCUT2D eigenvalue weighted by Gasteiger charge is 2.16. The van der Waals surface area contributed by atoms with Crippen LogP contribution in [0.1, 0.15) is 11.1 Å². The lowest BCUT2D eigenvalue weighted by Gasteiger charge is -2.19. The molecule has 0 saturated carbocycles. The van der Waals surface area contributed by atoms with Gasteiger partial charge in [-0.3, -0.25) is 14.3 Å². The number of fused-ring (bicyclic) bond motifs is 2. The first-order valence-electron chi connectivity index (χ1n) is 9.67. The molecule has 1 N–H and O–H groups in total. The van der Waals surface area contributed by atoms with Crippen molar-refractivity contribution < 1.29 is 9.47 Å². The predicted molar refractivity (Wildman–Crippen MR) is 113 cm³/mol. The highest BCUT2D eigenvalue weighted by atomic mass is 16.6. The molecular formula is C23H19N3O4. The molecule has 1 aliphatic rings. The van der Waals surface area contributed by atoms with E-state index in [1.54, 1.807) is 12.3 Å². The van der Waals surface area contributed by atoms with Crippen LogP contribution in [0.15, 0.2) is 64.3 Å². The van der Waals surface area contributed by atoms with Gasteiger partial charge in [0.15, 0.2) is 11.5 Å². The van der Waals surface area contributed by atoms with Gasteiger partial charge >= 0.3 is 5.69 Å². The molecule has 0 fully saturated rings. The van der Waals surface area contributed by atoms with Crippen LogP contribution in [0.25, 0.3) is 22.2 Å². The Kier molecular flexibility index (Phi) is 4.35. The van der Waals surface area contributed by atoms with Gasteiger partial charge in [-0.1, -0.05) is 35.9 Å².